The molecular weight excluding hydrogens is 253 g/mol. The van der Waals surface area contributed by atoms with E-state index in [-0.39, 0.29) is 17.3 Å². The lowest BCUT2D eigenvalue weighted by molar-refractivity contribution is 0.0945. The molecule has 2 aromatic rings. The second kappa shape index (κ2) is 5.16. The van der Waals surface area contributed by atoms with Crippen LogP contribution in [-0.4, -0.2) is 10.8 Å². The van der Waals surface area contributed by atoms with Crippen LogP contribution in [-0.2, 0) is 6.42 Å². The first-order valence-corrected chi connectivity index (χ1v) is 6.91. The van der Waals surface area contributed by atoms with Gasteiger partial charge < -0.3 is 0 Å². The zero-order chi connectivity index (χ0) is 14.1. The first-order chi connectivity index (χ1) is 9.66. The summed E-state index contributed by atoms with van der Waals surface area (Å²) in [5.74, 6) is -0.891. The van der Waals surface area contributed by atoms with Crippen molar-refractivity contribution < 1.29 is 9.18 Å². The number of nitrogens with zero attached hydrogens (tertiary/aromatic N) is 1. The number of Topliss-reactive ketones (excluding diaryl/α,β-unsaturated/α-hetero) is 1. The van der Waals surface area contributed by atoms with E-state index in [9.17, 15) is 9.18 Å². The highest BCUT2D eigenvalue weighted by atomic mass is 19.1. The van der Waals surface area contributed by atoms with E-state index in [0.29, 0.717) is 0 Å². The van der Waals surface area contributed by atoms with Gasteiger partial charge in [-0.3, -0.25) is 9.78 Å². The summed E-state index contributed by atoms with van der Waals surface area (Å²) in [4.78, 5) is 17.0. The summed E-state index contributed by atoms with van der Waals surface area (Å²) in [6, 6.07) is 8.67. The molecule has 0 amide bonds. The van der Waals surface area contributed by atoms with Gasteiger partial charge in [0.25, 0.3) is 0 Å². The van der Waals surface area contributed by atoms with Gasteiger partial charge in [0.1, 0.15) is 5.82 Å². The highest BCUT2D eigenvalue weighted by molar-refractivity contribution is 6.01. The predicted octanol–water partition coefficient (Wildman–Crippen LogP) is 3.83. The summed E-state index contributed by atoms with van der Waals surface area (Å²) in [5.41, 5.74) is 2.94. The smallest absolute Gasteiger partial charge is 0.174 e. The summed E-state index contributed by atoms with van der Waals surface area (Å²) < 4.78 is 14.0. The quantitative estimate of drug-likeness (QED) is 0.775. The van der Waals surface area contributed by atoms with E-state index in [1.165, 1.54) is 6.07 Å². The third-order valence-electron chi connectivity index (χ3n) is 3.90. The molecule has 1 aromatic carbocycles. The van der Waals surface area contributed by atoms with Gasteiger partial charge in [0.05, 0.1) is 17.2 Å². The SMILES string of the molecule is Cc1ccc(C(=O)C2CCCc3cccnc32)c(F)c1. The number of hydrogen-bond acceptors (Lipinski definition) is 2. The minimum Gasteiger partial charge on any atom is -0.293 e. The standard InChI is InChI=1S/C17H16FNO/c1-11-7-8-13(15(18)10-11)17(20)14-6-2-4-12-5-3-9-19-16(12)14/h3,5,7-10,14H,2,4,6H2,1H3. The fraction of sp³-hybridized carbons (Fsp3) is 0.294. The Labute approximate surface area is 117 Å². The Bertz CT molecular complexity index is 666. The Morgan fingerprint density at radius 2 is 2.20 bits per heavy atom. The maximum Gasteiger partial charge on any atom is 0.174 e. The van der Waals surface area contributed by atoms with Crippen molar-refractivity contribution >= 4 is 5.78 Å². The number of aromatic nitrogens is 1. The molecule has 0 fully saturated rings. The Balaban J connectivity index is 2.00. The van der Waals surface area contributed by atoms with E-state index < -0.39 is 5.82 Å². The van der Waals surface area contributed by atoms with E-state index in [0.717, 1.165) is 36.1 Å². The molecule has 0 saturated carbocycles. The number of hydrogen-bond donors (Lipinski definition) is 0. The van der Waals surface area contributed by atoms with Crippen molar-refractivity contribution in [2.45, 2.75) is 32.1 Å². The normalized spacial score (nSPS) is 17.6. The molecular formula is C17H16FNO. The minimum absolute atomic E-state index is 0.151. The average molecular weight is 269 g/mol. The maximum absolute atomic E-state index is 14.0. The molecule has 0 spiro atoms. The number of rotatable bonds is 2. The molecule has 0 radical (unpaired) electrons. The fourth-order valence-corrected chi connectivity index (χ4v) is 2.87. The van der Waals surface area contributed by atoms with Crippen molar-refractivity contribution in [2.75, 3.05) is 0 Å². The third-order valence-corrected chi connectivity index (χ3v) is 3.90. The second-order valence-electron chi connectivity index (χ2n) is 5.34. The van der Waals surface area contributed by atoms with Gasteiger partial charge >= 0.3 is 0 Å². The molecule has 0 N–H and O–H groups in total. The van der Waals surface area contributed by atoms with Gasteiger partial charge in [0.2, 0.25) is 0 Å². The predicted molar refractivity (Wildman–Crippen MR) is 75.4 cm³/mol. The van der Waals surface area contributed by atoms with Crippen LogP contribution in [0, 0.1) is 12.7 Å². The van der Waals surface area contributed by atoms with Crippen LogP contribution in [0.2, 0.25) is 0 Å². The fourth-order valence-electron chi connectivity index (χ4n) is 2.87. The first-order valence-electron chi connectivity index (χ1n) is 6.91. The number of halogens is 1. The number of carbonyl (C=O) groups is 1. The summed E-state index contributed by atoms with van der Waals surface area (Å²) in [7, 11) is 0. The van der Waals surface area contributed by atoms with Crippen molar-refractivity contribution in [3.63, 3.8) is 0 Å². The van der Waals surface area contributed by atoms with Crippen molar-refractivity contribution in [1.82, 2.24) is 4.98 Å². The van der Waals surface area contributed by atoms with E-state index in [2.05, 4.69) is 4.98 Å². The molecule has 2 nitrogen and oxygen atoms in total. The average Bonchev–Trinajstić information content (AvgIpc) is 2.46. The molecule has 3 rings (SSSR count). The van der Waals surface area contributed by atoms with Gasteiger partial charge in [-0.2, -0.15) is 0 Å². The van der Waals surface area contributed by atoms with E-state index >= 15 is 0 Å². The van der Waals surface area contributed by atoms with Gasteiger partial charge in [-0.15, -0.1) is 0 Å². The van der Waals surface area contributed by atoms with Gasteiger partial charge in [-0.1, -0.05) is 12.1 Å². The minimum atomic E-state index is -0.432. The Morgan fingerprint density at radius 1 is 1.35 bits per heavy atom. The van der Waals surface area contributed by atoms with Crippen LogP contribution in [0.25, 0.3) is 0 Å². The van der Waals surface area contributed by atoms with E-state index in [1.807, 2.05) is 19.1 Å². The first kappa shape index (κ1) is 13.0. The van der Waals surface area contributed by atoms with Gasteiger partial charge in [-0.05, 0) is 55.5 Å². The molecule has 3 heteroatoms. The lowest BCUT2D eigenvalue weighted by atomic mass is 9.82. The molecule has 1 heterocycles. The van der Waals surface area contributed by atoms with Gasteiger partial charge in [0, 0.05) is 6.20 Å². The zero-order valence-electron chi connectivity index (χ0n) is 11.4. The molecule has 102 valence electrons. The highest BCUT2D eigenvalue weighted by Gasteiger charge is 2.29. The number of aryl methyl sites for hydroxylation is 2. The molecule has 1 aliphatic rings. The van der Waals surface area contributed by atoms with Crippen molar-refractivity contribution in [1.29, 1.82) is 0 Å². The molecule has 0 bridgehead atoms. The Kier molecular flexibility index (Phi) is 3.35. The van der Waals surface area contributed by atoms with Crippen LogP contribution in [0.15, 0.2) is 36.5 Å². The molecule has 1 aromatic heterocycles. The maximum atomic E-state index is 14.0. The number of benzene rings is 1. The Morgan fingerprint density at radius 3 is 3.00 bits per heavy atom. The topological polar surface area (TPSA) is 30.0 Å². The molecule has 1 atom stereocenters. The van der Waals surface area contributed by atoms with Gasteiger partial charge in [0.15, 0.2) is 5.78 Å². The van der Waals surface area contributed by atoms with Crippen LogP contribution >= 0.6 is 0 Å². The van der Waals surface area contributed by atoms with Gasteiger partial charge in [-0.25, -0.2) is 4.39 Å². The zero-order valence-corrected chi connectivity index (χ0v) is 11.4. The van der Waals surface area contributed by atoms with E-state index in [4.69, 9.17) is 0 Å². The van der Waals surface area contributed by atoms with Crippen LogP contribution in [0.1, 0.15) is 45.9 Å². The molecule has 0 aliphatic heterocycles. The molecule has 1 unspecified atom stereocenters. The highest BCUT2D eigenvalue weighted by Crippen LogP contribution is 2.33. The van der Waals surface area contributed by atoms with Crippen molar-refractivity contribution in [3.8, 4) is 0 Å². The molecule has 0 saturated heterocycles. The number of fused-ring (bicyclic) bond motifs is 1. The third kappa shape index (κ3) is 2.24. The molecule has 1 aliphatic carbocycles. The van der Waals surface area contributed by atoms with Crippen LogP contribution in [0.5, 0.6) is 0 Å². The summed E-state index contributed by atoms with van der Waals surface area (Å²) >= 11 is 0. The lowest BCUT2D eigenvalue weighted by Gasteiger charge is -2.23. The second-order valence-corrected chi connectivity index (χ2v) is 5.34. The van der Waals surface area contributed by atoms with E-state index in [1.54, 1.807) is 18.3 Å². The summed E-state index contributed by atoms with van der Waals surface area (Å²) in [6.45, 7) is 1.81. The lowest BCUT2D eigenvalue weighted by Crippen LogP contribution is -2.21. The van der Waals surface area contributed by atoms with Crippen molar-refractivity contribution in [2.24, 2.45) is 0 Å². The van der Waals surface area contributed by atoms with Crippen LogP contribution in [0.3, 0.4) is 0 Å². The summed E-state index contributed by atoms with van der Waals surface area (Å²) in [6.07, 6.45) is 4.35. The number of pyridine rings is 1. The number of carbonyl (C=O) groups excluding carboxylic acids is 1. The largest absolute Gasteiger partial charge is 0.293 e. The monoisotopic (exact) mass is 269 g/mol. The number of ketones is 1. The molecule has 20 heavy (non-hydrogen) atoms. The van der Waals surface area contributed by atoms with Crippen LogP contribution < -0.4 is 0 Å². The van der Waals surface area contributed by atoms with Crippen LogP contribution in [0.4, 0.5) is 4.39 Å². The summed E-state index contributed by atoms with van der Waals surface area (Å²) in [5, 5.41) is 0. The van der Waals surface area contributed by atoms with Crippen molar-refractivity contribution in [3.05, 3.63) is 64.7 Å². The Hall–Kier alpha value is -2.03.